The van der Waals surface area contributed by atoms with Crippen LogP contribution in [0.15, 0.2) is 30.6 Å². The van der Waals surface area contributed by atoms with E-state index in [1.807, 2.05) is 6.92 Å². The minimum Gasteiger partial charge on any atom is -0.391 e. The van der Waals surface area contributed by atoms with Crippen LogP contribution in [0.25, 0.3) is 0 Å². The fourth-order valence-electron chi connectivity index (χ4n) is 1.70. The van der Waals surface area contributed by atoms with Gasteiger partial charge in [0.1, 0.15) is 23.1 Å². The molecule has 1 heterocycles. The van der Waals surface area contributed by atoms with E-state index in [0.717, 1.165) is 5.56 Å². The Kier molecular flexibility index (Phi) is 4.29. The summed E-state index contributed by atoms with van der Waals surface area (Å²) in [5, 5.41) is 12.6. The minimum atomic E-state index is -0.280. The summed E-state index contributed by atoms with van der Waals surface area (Å²) in [6, 6.07) is 6.07. The Bertz CT molecular complexity index is 562. The number of rotatable bonds is 4. The lowest BCUT2D eigenvalue weighted by Crippen LogP contribution is -2.11. The number of aliphatic hydroxyl groups is 1. The van der Waals surface area contributed by atoms with E-state index in [0.29, 0.717) is 11.4 Å². The second-order valence-corrected chi connectivity index (χ2v) is 4.43. The number of hydrogen-bond acceptors (Lipinski definition) is 4. The lowest BCUT2D eigenvalue weighted by Gasteiger charge is -2.17. The maximum Gasteiger partial charge on any atom is 0.140 e. The van der Waals surface area contributed by atoms with Gasteiger partial charge in [-0.25, -0.2) is 14.4 Å². The van der Waals surface area contributed by atoms with Crippen molar-refractivity contribution in [1.82, 2.24) is 9.97 Å². The van der Waals surface area contributed by atoms with Crippen LogP contribution in [-0.2, 0) is 6.61 Å². The number of anilines is 1. The molecule has 0 radical (unpaired) electrons. The van der Waals surface area contributed by atoms with Gasteiger partial charge in [-0.1, -0.05) is 23.7 Å². The smallest absolute Gasteiger partial charge is 0.140 e. The van der Waals surface area contributed by atoms with Gasteiger partial charge in [0.05, 0.1) is 12.2 Å². The van der Waals surface area contributed by atoms with Gasteiger partial charge in [0.15, 0.2) is 0 Å². The van der Waals surface area contributed by atoms with E-state index < -0.39 is 0 Å². The van der Waals surface area contributed by atoms with Crippen LogP contribution in [0.1, 0.15) is 24.1 Å². The molecule has 0 spiro atoms. The van der Waals surface area contributed by atoms with Crippen LogP contribution in [0.3, 0.4) is 0 Å². The molecule has 0 bridgehead atoms. The lowest BCUT2D eigenvalue weighted by molar-refractivity contribution is 0.281. The van der Waals surface area contributed by atoms with Gasteiger partial charge in [0.25, 0.3) is 0 Å². The van der Waals surface area contributed by atoms with Gasteiger partial charge in [-0.15, -0.1) is 0 Å². The zero-order chi connectivity index (χ0) is 13.8. The predicted octanol–water partition coefficient (Wildman–Crippen LogP) is 2.93. The molecule has 0 saturated carbocycles. The Hall–Kier alpha value is -1.72. The molecule has 0 saturated heterocycles. The molecule has 2 rings (SSSR count). The molecule has 0 fully saturated rings. The molecule has 1 atom stereocenters. The maximum absolute atomic E-state index is 12.9. The van der Waals surface area contributed by atoms with E-state index in [4.69, 9.17) is 11.6 Å². The monoisotopic (exact) mass is 281 g/mol. The van der Waals surface area contributed by atoms with Crippen molar-refractivity contribution in [2.45, 2.75) is 19.6 Å². The van der Waals surface area contributed by atoms with Gasteiger partial charge in [-0.3, -0.25) is 0 Å². The molecule has 0 aliphatic carbocycles. The summed E-state index contributed by atoms with van der Waals surface area (Å²) in [5.74, 6) is 0.191. The highest BCUT2D eigenvalue weighted by Gasteiger charge is 2.12. The van der Waals surface area contributed by atoms with E-state index in [2.05, 4.69) is 15.3 Å². The number of hydrogen-bond donors (Lipinski definition) is 2. The first-order chi connectivity index (χ1) is 9.11. The van der Waals surface area contributed by atoms with E-state index in [1.165, 1.54) is 18.5 Å². The first-order valence-electron chi connectivity index (χ1n) is 5.74. The Balaban J connectivity index is 2.21. The highest BCUT2D eigenvalue weighted by Crippen LogP contribution is 2.24. The van der Waals surface area contributed by atoms with Gasteiger partial charge in [0, 0.05) is 6.04 Å². The fourth-order valence-corrected chi connectivity index (χ4v) is 1.89. The minimum absolute atomic E-state index is 0.100. The second-order valence-electron chi connectivity index (χ2n) is 4.07. The molecule has 100 valence electrons. The van der Waals surface area contributed by atoms with E-state index in [1.54, 1.807) is 12.1 Å². The molecule has 1 aromatic carbocycles. The molecule has 2 N–H and O–H groups in total. The van der Waals surface area contributed by atoms with Crippen LogP contribution in [0.4, 0.5) is 10.2 Å². The molecule has 4 nitrogen and oxygen atoms in total. The predicted molar refractivity (Wildman–Crippen MR) is 71.4 cm³/mol. The maximum atomic E-state index is 12.9. The summed E-state index contributed by atoms with van der Waals surface area (Å²) in [6.07, 6.45) is 1.32. The number of halogens is 2. The number of nitrogens with zero attached hydrogens (tertiary/aromatic N) is 2. The Morgan fingerprint density at radius 1 is 1.32 bits per heavy atom. The molecule has 6 heteroatoms. The average molecular weight is 282 g/mol. The number of benzene rings is 1. The normalized spacial score (nSPS) is 12.2. The van der Waals surface area contributed by atoms with Crippen LogP contribution >= 0.6 is 11.6 Å². The van der Waals surface area contributed by atoms with Crippen LogP contribution < -0.4 is 5.32 Å². The van der Waals surface area contributed by atoms with Crippen LogP contribution in [-0.4, -0.2) is 15.1 Å². The van der Waals surface area contributed by atoms with Gasteiger partial charge >= 0.3 is 0 Å². The fraction of sp³-hybridized carbons (Fsp3) is 0.231. The summed E-state index contributed by atoms with van der Waals surface area (Å²) in [5.41, 5.74) is 1.35. The van der Waals surface area contributed by atoms with Crippen molar-refractivity contribution in [2.75, 3.05) is 5.32 Å². The molecule has 2 aromatic rings. The first kappa shape index (κ1) is 13.7. The van der Waals surface area contributed by atoms with E-state index >= 15 is 0 Å². The van der Waals surface area contributed by atoms with Crippen molar-refractivity contribution in [3.63, 3.8) is 0 Å². The third-order valence-electron chi connectivity index (χ3n) is 2.77. The lowest BCUT2D eigenvalue weighted by atomic mass is 10.1. The van der Waals surface area contributed by atoms with Crippen molar-refractivity contribution >= 4 is 17.4 Å². The SMILES string of the molecule is C[C@H](Nc1ncnc(Cl)c1CO)c1ccc(F)cc1. The summed E-state index contributed by atoms with van der Waals surface area (Å²) >= 11 is 5.88. The Labute approximate surface area is 115 Å². The second kappa shape index (κ2) is 5.95. The third kappa shape index (κ3) is 3.19. The number of aromatic nitrogens is 2. The topological polar surface area (TPSA) is 58.0 Å². The number of nitrogens with one attached hydrogen (secondary N) is 1. The van der Waals surface area contributed by atoms with Crippen LogP contribution in [0.2, 0.25) is 5.15 Å². The van der Waals surface area contributed by atoms with Crippen molar-refractivity contribution < 1.29 is 9.50 Å². The summed E-state index contributed by atoms with van der Waals surface area (Å²) in [7, 11) is 0. The molecule has 0 unspecified atom stereocenters. The summed E-state index contributed by atoms with van der Waals surface area (Å²) < 4.78 is 12.9. The van der Waals surface area contributed by atoms with E-state index in [-0.39, 0.29) is 23.6 Å². The molecular weight excluding hydrogens is 269 g/mol. The van der Waals surface area contributed by atoms with Gasteiger partial charge in [-0.05, 0) is 24.6 Å². The Morgan fingerprint density at radius 2 is 2.00 bits per heavy atom. The van der Waals surface area contributed by atoms with Crippen molar-refractivity contribution in [1.29, 1.82) is 0 Å². The van der Waals surface area contributed by atoms with Crippen LogP contribution in [0.5, 0.6) is 0 Å². The third-order valence-corrected chi connectivity index (χ3v) is 3.10. The summed E-state index contributed by atoms with van der Waals surface area (Å²) in [6.45, 7) is 1.66. The number of aliphatic hydroxyl groups excluding tert-OH is 1. The molecule has 1 aromatic heterocycles. The first-order valence-corrected chi connectivity index (χ1v) is 6.12. The zero-order valence-electron chi connectivity index (χ0n) is 10.3. The van der Waals surface area contributed by atoms with Gasteiger partial charge in [-0.2, -0.15) is 0 Å². The molecular formula is C13H13ClFN3O. The van der Waals surface area contributed by atoms with Gasteiger partial charge in [0.2, 0.25) is 0 Å². The molecule has 0 aliphatic heterocycles. The highest BCUT2D eigenvalue weighted by atomic mass is 35.5. The Morgan fingerprint density at radius 3 is 2.63 bits per heavy atom. The highest BCUT2D eigenvalue weighted by molar-refractivity contribution is 6.30. The van der Waals surface area contributed by atoms with E-state index in [9.17, 15) is 9.50 Å². The van der Waals surface area contributed by atoms with Crippen molar-refractivity contribution in [3.05, 3.63) is 52.7 Å². The quantitative estimate of drug-likeness (QED) is 0.846. The molecule has 0 aliphatic rings. The zero-order valence-corrected chi connectivity index (χ0v) is 11.0. The van der Waals surface area contributed by atoms with Crippen molar-refractivity contribution in [3.8, 4) is 0 Å². The largest absolute Gasteiger partial charge is 0.391 e. The van der Waals surface area contributed by atoms with Crippen molar-refractivity contribution in [2.24, 2.45) is 0 Å². The summed E-state index contributed by atoms with van der Waals surface area (Å²) in [4.78, 5) is 7.86. The average Bonchev–Trinajstić information content (AvgIpc) is 2.39. The van der Waals surface area contributed by atoms with Crippen LogP contribution in [0, 0.1) is 5.82 Å². The molecule has 19 heavy (non-hydrogen) atoms. The molecule has 0 amide bonds. The standard InChI is InChI=1S/C13H13ClFN3O/c1-8(9-2-4-10(15)5-3-9)18-13-11(6-19)12(14)16-7-17-13/h2-5,7-8,19H,6H2,1H3,(H,16,17,18)/t8-/m0/s1. The van der Waals surface area contributed by atoms with Gasteiger partial charge < -0.3 is 10.4 Å².